The molecule has 2 nitrogen and oxygen atoms in total. The molecule has 1 saturated carbocycles. The standard InChI is InChI=1S/C7H11NO/c1-7(2-3-7)4-5-8-6-9/h2-5H2,1H3. The molecule has 0 heterocycles. The lowest BCUT2D eigenvalue weighted by Gasteiger charge is -2.01. The van der Waals surface area contributed by atoms with E-state index in [1.165, 1.54) is 12.8 Å². The summed E-state index contributed by atoms with van der Waals surface area (Å²) in [5.74, 6) is 0. The molecule has 0 radical (unpaired) electrons. The highest BCUT2D eigenvalue weighted by atomic mass is 16.1. The number of hydrogen-bond donors (Lipinski definition) is 0. The second-order valence-electron chi connectivity index (χ2n) is 3.03. The first kappa shape index (κ1) is 6.50. The van der Waals surface area contributed by atoms with Crippen LogP contribution in [0.1, 0.15) is 26.2 Å². The molecule has 50 valence electrons. The monoisotopic (exact) mass is 125 g/mol. The average Bonchev–Trinajstić information content (AvgIpc) is 2.50. The average molecular weight is 125 g/mol. The quantitative estimate of drug-likeness (QED) is 0.415. The summed E-state index contributed by atoms with van der Waals surface area (Å²) < 4.78 is 0. The van der Waals surface area contributed by atoms with Crippen LogP contribution in [-0.2, 0) is 4.79 Å². The summed E-state index contributed by atoms with van der Waals surface area (Å²) in [5.41, 5.74) is 0.528. The smallest absolute Gasteiger partial charge is 0.211 e. The van der Waals surface area contributed by atoms with Gasteiger partial charge in [0.25, 0.3) is 0 Å². The van der Waals surface area contributed by atoms with E-state index in [4.69, 9.17) is 0 Å². The molecule has 0 spiro atoms. The molecule has 0 amide bonds. The first-order valence-corrected chi connectivity index (χ1v) is 3.30. The van der Waals surface area contributed by atoms with Gasteiger partial charge in [0.15, 0.2) is 0 Å². The van der Waals surface area contributed by atoms with Gasteiger partial charge in [-0.2, -0.15) is 0 Å². The number of rotatable bonds is 3. The Morgan fingerprint density at radius 3 is 2.78 bits per heavy atom. The van der Waals surface area contributed by atoms with E-state index in [1.807, 2.05) is 0 Å². The van der Waals surface area contributed by atoms with Gasteiger partial charge in [-0.25, -0.2) is 9.79 Å². The molecule has 1 rings (SSSR count). The first-order valence-electron chi connectivity index (χ1n) is 3.30. The van der Waals surface area contributed by atoms with Crippen LogP contribution < -0.4 is 0 Å². The third-order valence-corrected chi connectivity index (χ3v) is 2.00. The predicted molar refractivity (Wildman–Crippen MR) is 34.9 cm³/mol. The summed E-state index contributed by atoms with van der Waals surface area (Å²) in [7, 11) is 0. The van der Waals surface area contributed by atoms with Crippen LogP contribution in [0.25, 0.3) is 0 Å². The minimum absolute atomic E-state index is 0.528. The number of carbonyl (C=O) groups excluding carboxylic acids is 1. The van der Waals surface area contributed by atoms with Gasteiger partial charge < -0.3 is 0 Å². The molecule has 2 heteroatoms. The zero-order chi connectivity index (χ0) is 6.74. The van der Waals surface area contributed by atoms with Crippen LogP contribution >= 0.6 is 0 Å². The van der Waals surface area contributed by atoms with Gasteiger partial charge in [-0.1, -0.05) is 6.92 Å². The summed E-state index contributed by atoms with van der Waals surface area (Å²) >= 11 is 0. The zero-order valence-corrected chi connectivity index (χ0v) is 5.68. The molecule has 0 aromatic heterocycles. The normalized spacial score (nSPS) is 20.6. The Hall–Kier alpha value is -0.620. The largest absolute Gasteiger partial charge is 0.234 e. The lowest BCUT2D eigenvalue weighted by molar-refractivity contribution is 0.522. The van der Waals surface area contributed by atoms with E-state index in [2.05, 4.69) is 11.9 Å². The summed E-state index contributed by atoms with van der Waals surface area (Å²) in [6.07, 6.45) is 5.21. The van der Waals surface area contributed by atoms with Gasteiger partial charge >= 0.3 is 0 Å². The molecule has 0 N–H and O–H groups in total. The van der Waals surface area contributed by atoms with Gasteiger partial charge in [-0.3, -0.25) is 0 Å². The summed E-state index contributed by atoms with van der Waals surface area (Å²) in [5, 5.41) is 0. The highest BCUT2D eigenvalue weighted by Gasteiger charge is 2.36. The highest BCUT2D eigenvalue weighted by molar-refractivity contribution is 5.32. The predicted octanol–water partition coefficient (Wildman–Crippen LogP) is 1.51. The van der Waals surface area contributed by atoms with Crippen LogP contribution in [0.5, 0.6) is 0 Å². The minimum atomic E-state index is 0.528. The Morgan fingerprint density at radius 2 is 2.33 bits per heavy atom. The van der Waals surface area contributed by atoms with Crippen molar-refractivity contribution in [2.24, 2.45) is 10.4 Å². The molecule has 0 unspecified atom stereocenters. The van der Waals surface area contributed by atoms with Gasteiger partial charge in [0.05, 0.1) is 6.54 Å². The number of hydrogen-bond acceptors (Lipinski definition) is 2. The van der Waals surface area contributed by atoms with E-state index < -0.39 is 0 Å². The SMILES string of the molecule is CC1(CCN=C=O)CC1. The summed E-state index contributed by atoms with van der Waals surface area (Å²) in [6.45, 7) is 2.90. The van der Waals surface area contributed by atoms with Gasteiger partial charge in [0, 0.05) is 0 Å². The molecular weight excluding hydrogens is 114 g/mol. The van der Waals surface area contributed by atoms with Crippen molar-refractivity contribution in [2.75, 3.05) is 6.54 Å². The maximum absolute atomic E-state index is 9.62. The van der Waals surface area contributed by atoms with Crippen molar-refractivity contribution in [3.8, 4) is 0 Å². The fraction of sp³-hybridized carbons (Fsp3) is 0.857. The van der Waals surface area contributed by atoms with Crippen molar-refractivity contribution >= 4 is 6.08 Å². The second-order valence-corrected chi connectivity index (χ2v) is 3.03. The van der Waals surface area contributed by atoms with Crippen LogP contribution in [0.2, 0.25) is 0 Å². The molecule has 0 bridgehead atoms. The van der Waals surface area contributed by atoms with Crippen LogP contribution in [0.15, 0.2) is 4.99 Å². The Kier molecular flexibility index (Phi) is 1.68. The van der Waals surface area contributed by atoms with Crippen molar-refractivity contribution in [2.45, 2.75) is 26.2 Å². The maximum atomic E-state index is 9.62. The zero-order valence-electron chi connectivity index (χ0n) is 5.68. The second kappa shape index (κ2) is 2.32. The molecule has 0 atom stereocenters. The van der Waals surface area contributed by atoms with Crippen LogP contribution in [0.4, 0.5) is 0 Å². The van der Waals surface area contributed by atoms with E-state index in [-0.39, 0.29) is 0 Å². The van der Waals surface area contributed by atoms with Crippen molar-refractivity contribution in [1.82, 2.24) is 0 Å². The molecular formula is C7H11NO. The Morgan fingerprint density at radius 1 is 1.67 bits per heavy atom. The third kappa shape index (κ3) is 1.98. The third-order valence-electron chi connectivity index (χ3n) is 2.00. The molecule has 9 heavy (non-hydrogen) atoms. The first-order chi connectivity index (χ1) is 4.27. The van der Waals surface area contributed by atoms with Gasteiger partial charge in [0.1, 0.15) is 0 Å². The summed E-state index contributed by atoms with van der Waals surface area (Å²) in [4.78, 5) is 13.1. The minimum Gasteiger partial charge on any atom is -0.211 e. The fourth-order valence-corrected chi connectivity index (χ4v) is 0.835. The topological polar surface area (TPSA) is 29.4 Å². The van der Waals surface area contributed by atoms with Crippen LogP contribution in [0, 0.1) is 5.41 Å². The van der Waals surface area contributed by atoms with Crippen molar-refractivity contribution < 1.29 is 4.79 Å². The lowest BCUT2D eigenvalue weighted by atomic mass is 10.1. The number of nitrogens with zero attached hydrogens (tertiary/aromatic N) is 1. The van der Waals surface area contributed by atoms with Gasteiger partial charge in [-0.05, 0) is 24.7 Å². The van der Waals surface area contributed by atoms with Crippen molar-refractivity contribution in [1.29, 1.82) is 0 Å². The number of isocyanates is 1. The molecule has 1 aliphatic rings. The molecule has 0 aromatic rings. The lowest BCUT2D eigenvalue weighted by Crippen LogP contribution is -1.94. The van der Waals surface area contributed by atoms with E-state index in [9.17, 15) is 4.79 Å². The van der Waals surface area contributed by atoms with E-state index in [0.717, 1.165) is 6.42 Å². The molecule has 0 aliphatic heterocycles. The van der Waals surface area contributed by atoms with Gasteiger partial charge in [0.2, 0.25) is 6.08 Å². The van der Waals surface area contributed by atoms with Crippen molar-refractivity contribution in [3.63, 3.8) is 0 Å². The van der Waals surface area contributed by atoms with Crippen LogP contribution in [-0.4, -0.2) is 12.6 Å². The van der Waals surface area contributed by atoms with Crippen LogP contribution in [0.3, 0.4) is 0 Å². The molecule has 1 fully saturated rings. The Balaban J connectivity index is 2.12. The number of aliphatic imine (C=N–C) groups is 1. The van der Waals surface area contributed by atoms with Crippen molar-refractivity contribution in [3.05, 3.63) is 0 Å². The van der Waals surface area contributed by atoms with E-state index in [0.29, 0.717) is 12.0 Å². The molecule has 0 aromatic carbocycles. The molecule has 0 saturated heterocycles. The maximum Gasteiger partial charge on any atom is 0.234 e. The van der Waals surface area contributed by atoms with E-state index in [1.54, 1.807) is 6.08 Å². The Labute approximate surface area is 55.0 Å². The van der Waals surface area contributed by atoms with E-state index >= 15 is 0 Å². The highest BCUT2D eigenvalue weighted by Crippen LogP contribution is 2.47. The summed E-state index contributed by atoms with van der Waals surface area (Å²) in [6, 6.07) is 0. The fourth-order valence-electron chi connectivity index (χ4n) is 0.835. The van der Waals surface area contributed by atoms with Gasteiger partial charge in [-0.15, -0.1) is 0 Å². The molecule has 1 aliphatic carbocycles. The Bertz CT molecular complexity index is 143.